The molecule has 0 bridgehead atoms. The number of nitrogens with zero attached hydrogens (tertiary/aromatic N) is 1. The van der Waals surface area contributed by atoms with Crippen LogP contribution in [0, 0.1) is 6.92 Å². The van der Waals surface area contributed by atoms with Gasteiger partial charge in [0, 0.05) is 18.1 Å². The Kier molecular flexibility index (Phi) is 5.71. The fourth-order valence-corrected chi connectivity index (χ4v) is 4.74. The standard InChI is InChI=1S/C24H22N2O5S/c1-16-11-13-19(14-12-16)32(29,30)25-22-10-6-3-7-18(22)15-26-23(28)20-8-4-5-9-21(20)24(26)31-17(2)27/h3-14,24-25H,15H2,1-2H3. The summed E-state index contributed by atoms with van der Waals surface area (Å²) < 4.78 is 33.8. The van der Waals surface area contributed by atoms with Crippen LogP contribution in [-0.4, -0.2) is 25.2 Å². The summed E-state index contributed by atoms with van der Waals surface area (Å²) in [5, 5.41) is 0. The van der Waals surface area contributed by atoms with E-state index in [1.165, 1.54) is 24.0 Å². The van der Waals surface area contributed by atoms with Crippen molar-refractivity contribution in [2.75, 3.05) is 4.72 Å². The van der Waals surface area contributed by atoms with Gasteiger partial charge in [-0.1, -0.05) is 54.1 Å². The number of esters is 1. The van der Waals surface area contributed by atoms with Gasteiger partial charge in [0.05, 0.1) is 17.1 Å². The molecule has 164 valence electrons. The van der Waals surface area contributed by atoms with Crippen molar-refractivity contribution in [2.45, 2.75) is 31.5 Å². The van der Waals surface area contributed by atoms with Crippen molar-refractivity contribution in [3.8, 4) is 0 Å². The summed E-state index contributed by atoms with van der Waals surface area (Å²) in [4.78, 5) is 26.3. The average Bonchev–Trinajstić information content (AvgIpc) is 3.01. The molecule has 1 aliphatic rings. The van der Waals surface area contributed by atoms with Crippen molar-refractivity contribution in [3.63, 3.8) is 0 Å². The first-order chi connectivity index (χ1) is 15.3. The highest BCUT2D eigenvalue weighted by atomic mass is 32.2. The molecule has 1 heterocycles. The molecule has 3 aromatic carbocycles. The second kappa shape index (κ2) is 8.47. The number of aryl methyl sites for hydroxylation is 1. The third kappa shape index (κ3) is 4.22. The van der Waals surface area contributed by atoms with Crippen molar-refractivity contribution in [1.29, 1.82) is 0 Å². The summed E-state index contributed by atoms with van der Waals surface area (Å²) in [6, 6.07) is 20.3. The quantitative estimate of drug-likeness (QED) is 0.573. The maximum absolute atomic E-state index is 13.0. The molecular formula is C24H22N2O5S. The van der Waals surface area contributed by atoms with E-state index in [4.69, 9.17) is 4.74 Å². The monoisotopic (exact) mass is 450 g/mol. The topological polar surface area (TPSA) is 92.8 Å². The molecular weight excluding hydrogens is 428 g/mol. The number of para-hydroxylation sites is 1. The predicted molar refractivity (Wildman–Crippen MR) is 119 cm³/mol. The minimum Gasteiger partial charge on any atom is -0.437 e. The summed E-state index contributed by atoms with van der Waals surface area (Å²) in [6.07, 6.45) is -0.877. The number of carbonyl (C=O) groups excluding carboxylic acids is 2. The molecule has 0 saturated heterocycles. The molecule has 1 amide bonds. The van der Waals surface area contributed by atoms with E-state index in [9.17, 15) is 18.0 Å². The van der Waals surface area contributed by atoms with Crippen LogP contribution >= 0.6 is 0 Å². The van der Waals surface area contributed by atoms with Crippen LogP contribution in [0.15, 0.2) is 77.7 Å². The number of sulfonamides is 1. The number of hydrogen-bond donors (Lipinski definition) is 1. The van der Waals surface area contributed by atoms with Gasteiger partial charge in [-0.05, 0) is 36.8 Å². The Labute approximate surface area is 186 Å². The molecule has 1 unspecified atom stereocenters. The van der Waals surface area contributed by atoms with Crippen LogP contribution in [-0.2, 0) is 26.1 Å². The zero-order valence-corrected chi connectivity index (χ0v) is 18.4. The van der Waals surface area contributed by atoms with Gasteiger partial charge in [0.25, 0.3) is 15.9 Å². The summed E-state index contributed by atoms with van der Waals surface area (Å²) in [5.41, 5.74) is 2.93. The molecule has 0 aliphatic carbocycles. The van der Waals surface area contributed by atoms with Crippen LogP contribution in [0.25, 0.3) is 0 Å². The lowest BCUT2D eigenvalue weighted by Gasteiger charge is -2.25. The first-order valence-electron chi connectivity index (χ1n) is 10.0. The highest BCUT2D eigenvalue weighted by molar-refractivity contribution is 7.92. The van der Waals surface area contributed by atoms with E-state index in [2.05, 4.69) is 4.72 Å². The molecule has 4 rings (SSSR count). The Balaban J connectivity index is 1.65. The van der Waals surface area contributed by atoms with E-state index in [1.54, 1.807) is 60.7 Å². The summed E-state index contributed by atoms with van der Waals surface area (Å²) in [7, 11) is -3.82. The van der Waals surface area contributed by atoms with Crippen LogP contribution in [0.1, 0.15) is 40.2 Å². The van der Waals surface area contributed by atoms with Gasteiger partial charge in [-0.25, -0.2) is 8.42 Å². The predicted octanol–water partition coefficient (Wildman–Crippen LogP) is 4.01. The van der Waals surface area contributed by atoms with Gasteiger partial charge in [-0.3, -0.25) is 19.2 Å². The molecule has 8 heteroatoms. The highest BCUT2D eigenvalue weighted by Crippen LogP contribution is 2.36. The normalized spacial score (nSPS) is 15.4. The fraction of sp³-hybridized carbons (Fsp3) is 0.167. The molecule has 0 aromatic heterocycles. The van der Waals surface area contributed by atoms with Crippen molar-refractivity contribution in [1.82, 2.24) is 4.90 Å². The zero-order valence-electron chi connectivity index (χ0n) is 17.6. The number of ether oxygens (including phenoxy) is 1. The maximum atomic E-state index is 13.0. The lowest BCUT2D eigenvalue weighted by atomic mass is 10.1. The SMILES string of the molecule is CC(=O)OC1c2ccccc2C(=O)N1Cc1ccccc1NS(=O)(=O)c1ccc(C)cc1. The van der Waals surface area contributed by atoms with Crippen molar-refractivity contribution < 1.29 is 22.7 Å². The van der Waals surface area contributed by atoms with E-state index in [-0.39, 0.29) is 17.3 Å². The first kappa shape index (κ1) is 21.6. The molecule has 0 saturated carbocycles. The van der Waals surface area contributed by atoms with Crippen molar-refractivity contribution in [3.05, 3.63) is 95.1 Å². The molecule has 0 spiro atoms. The molecule has 1 atom stereocenters. The Hall–Kier alpha value is -3.65. The minimum absolute atomic E-state index is 0.0536. The number of rotatable bonds is 6. The van der Waals surface area contributed by atoms with E-state index in [0.29, 0.717) is 22.4 Å². The van der Waals surface area contributed by atoms with E-state index >= 15 is 0 Å². The van der Waals surface area contributed by atoms with Crippen molar-refractivity contribution >= 4 is 27.6 Å². The molecule has 1 aliphatic heterocycles. The van der Waals surface area contributed by atoms with E-state index < -0.39 is 22.2 Å². The van der Waals surface area contributed by atoms with Crippen LogP contribution in [0.2, 0.25) is 0 Å². The maximum Gasteiger partial charge on any atom is 0.304 e. The Morgan fingerprint density at radius 1 is 1.00 bits per heavy atom. The molecule has 0 fully saturated rings. The highest BCUT2D eigenvalue weighted by Gasteiger charge is 2.39. The van der Waals surface area contributed by atoms with Crippen LogP contribution in [0.4, 0.5) is 5.69 Å². The smallest absolute Gasteiger partial charge is 0.304 e. The van der Waals surface area contributed by atoms with Crippen LogP contribution in [0.5, 0.6) is 0 Å². The fourth-order valence-electron chi connectivity index (χ4n) is 3.64. The number of amides is 1. The summed E-state index contributed by atoms with van der Waals surface area (Å²) >= 11 is 0. The second-order valence-electron chi connectivity index (χ2n) is 7.56. The Morgan fingerprint density at radius 2 is 1.66 bits per heavy atom. The minimum atomic E-state index is -3.82. The molecule has 1 N–H and O–H groups in total. The van der Waals surface area contributed by atoms with E-state index in [1.807, 2.05) is 6.92 Å². The van der Waals surface area contributed by atoms with Gasteiger partial charge >= 0.3 is 5.97 Å². The second-order valence-corrected chi connectivity index (χ2v) is 9.24. The number of hydrogen-bond acceptors (Lipinski definition) is 5. The third-order valence-corrected chi connectivity index (χ3v) is 6.59. The van der Waals surface area contributed by atoms with Gasteiger partial charge in [0.1, 0.15) is 0 Å². The van der Waals surface area contributed by atoms with Gasteiger partial charge in [0.2, 0.25) is 6.23 Å². The zero-order chi connectivity index (χ0) is 22.9. The van der Waals surface area contributed by atoms with Gasteiger partial charge in [-0.2, -0.15) is 0 Å². The molecule has 32 heavy (non-hydrogen) atoms. The summed E-state index contributed by atoms with van der Waals surface area (Å²) in [5.74, 6) is -0.805. The van der Waals surface area contributed by atoms with Crippen molar-refractivity contribution in [2.24, 2.45) is 0 Å². The van der Waals surface area contributed by atoms with E-state index in [0.717, 1.165) is 5.56 Å². The molecule has 7 nitrogen and oxygen atoms in total. The molecule has 0 radical (unpaired) electrons. The lowest BCUT2D eigenvalue weighted by molar-refractivity contribution is -0.154. The number of carbonyl (C=O) groups is 2. The molecule has 3 aromatic rings. The first-order valence-corrected chi connectivity index (χ1v) is 11.5. The number of fused-ring (bicyclic) bond motifs is 1. The van der Waals surface area contributed by atoms with Crippen LogP contribution < -0.4 is 4.72 Å². The Bertz CT molecular complexity index is 1290. The Morgan fingerprint density at radius 3 is 2.38 bits per heavy atom. The van der Waals surface area contributed by atoms with Gasteiger partial charge in [-0.15, -0.1) is 0 Å². The largest absolute Gasteiger partial charge is 0.437 e. The lowest BCUT2D eigenvalue weighted by Crippen LogP contribution is -2.30. The number of nitrogens with one attached hydrogen (secondary N) is 1. The average molecular weight is 451 g/mol. The summed E-state index contributed by atoms with van der Waals surface area (Å²) in [6.45, 7) is 3.22. The van der Waals surface area contributed by atoms with Gasteiger partial charge in [0.15, 0.2) is 0 Å². The third-order valence-electron chi connectivity index (χ3n) is 5.21. The van der Waals surface area contributed by atoms with Crippen LogP contribution in [0.3, 0.4) is 0 Å². The number of benzene rings is 3. The number of anilines is 1. The van der Waals surface area contributed by atoms with Gasteiger partial charge < -0.3 is 4.74 Å².